The van der Waals surface area contributed by atoms with Crippen molar-refractivity contribution in [1.29, 1.82) is 0 Å². The van der Waals surface area contributed by atoms with E-state index in [2.05, 4.69) is 6.07 Å². The molecule has 3 nitrogen and oxygen atoms in total. The van der Waals surface area contributed by atoms with Crippen LogP contribution in [0, 0.1) is 0 Å². The first-order valence-electron chi connectivity index (χ1n) is 5.44. The van der Waals surface area contributed by atoms with Crippen LogP contribution in [-0.4, -0.2) is 19.8 Å². The topological polar surface area (TPSA) is 27.7 Å². The van der Waals surface area contributed by atoms with Crippen molar-refractivity contribution in [2.45, 2.75) is 18.9 Å². The second-order valence-corrected chi connectivity index (χ2v) is 3.90. The van der Waals surface area contributed by atoms with E-state index in [0.29, 0.717) is 13.2 Å². The molecule has 2 aliphatic heterocycles. The number of rotatable bonds is 1. The maximum atomic E-state index is 5.63. The number of ether oxygens (including phenoxy) is 3. The van der Waals surface area contributed by atoms with E-state index in [1.54, 1.807) is 0 Å². The van der Waals surface area contributed by atoms with Crippen molar-refractivity contribution in [3.05, 3.63) is 23.8 Å². The highest BCUT2D eigenvalue weighted by molar-refractivity contribution is 5.44. The van der Waals surface area contributed by atoms with Crippen LogP contribution in [0.4, 0.5) is 0 Å². The van der Waals surface area contributed by atoms with E-state index < -0.39 is 0 Å². The fraction of sp³-hybridized carbons (Fsp3) is 0.500. The van der Waals surface area contributed by atoms with Crippen LogP contribution in [0.3, 0.4) is 0 Å². The zero-order valence-electron chi connectivity index (χ0n) is 8.57. The monoisotopic (exact) mass is 206 g/mol. The summed E-state index contributed by atoms with van der Waals surface area (Å²) in [5.74, 6) is 1.71. The van der Waals surface area contributed by atoms with Gasteiger partial charge in [-0.2, -0.15) is 0 Å². The number of fused-ring (bicyclic) bond motifs is 1. The minimum absolute atomic E-state index is 0.251. The van der Waals surface area contributed by atoms with Crippen molar-refractivity contribution < 1.29 is 14.2 Å². The van der Waals surface area contributed by atoms with Gasteiger partial charge in [0.15, 0.2) is 11.5 Å². The molecule has 1 unspecified atom stereocenters. The van der Waals surface area contributed by atoms with Gasteiger partial charge in [-0.15, -0.1) is 0 Å². The van der Waals surface area contributed by atoms with E-state index in [1.165, 1.54) is 5.56 Å². The molecule has 0 bridgehead atoms. The molecule has 0 saturated carbocycles. The van der Waals surface area contributed by atoms with Crippen molar-refractivity contribution >= 4 is 0 Å². The largest absolute Gasteiger partial charge is 0.486 e. The quantitative estimate of drug-likeness (QED) is 0.705. The minimum atomic E-state index is 0.251. The second kappa shape index (κ2) is 3.74. The molecule has 3 rings (SSSR count). The first kappa shape index (κ1) is 9.04. The summed E-state index contributed by atoms with van der Waals surface area (Å²) in [7, 11) is 0. The van der Waals surface area contributed by atoms with Crippen LogP contribution < -0.4 is 9.47 Å². The molecule has 0 radical (unpaired) electrons. The molecule has 0 aliphatic carbocycles. The molecule has 1 atom stereocenters. The Kier molecular flexibility index (Phi) is 2.25. The molecule has 3 heteroatoms. The minimum Gasteiger partial charge on any atom is -0.486 e. The highest BCUT2D eigenvalue weighted by Crippen LogP contribution is 2.36. The lowest BCUT2D eigenvalue weighted by atomic mass is 10.1. The summed E-state index contributed by atoms with van der Waals surface area (Å²) < 4.78 is 16.7. The van der Waals surface area contributed by atoms with Crippen molar-refractivity contribution in [3.8, 4) is 11.5 Å². The third-order valence-corrected chi connectivity index (χ3v) is 2.87. The van der Waals surface area contributed by atoms with Crippen LogP contribution in [0.2, 0.25) is 0 Å². The summed E-state index contributed by atoms with van der Waals surface area (Å²) in [6.07, 6.45) is 2.51. The van der Waals surface area contributed by atoms with Crippen molar-refractivity contribution in [2.24, 2.45) is 0 Å². The van der Waals surface area contributed by atoms with Gasteiger partial charge in [-0.05, 0) is 30.5 Å². The number of hydrogen-bond acceptors (Lipinski definition) is 3. The molecule has 0 N–H and O–H groups in total. The fourth-order valence-corrected chi connectivity index (χ4v) is 2.10. The lowest BCUT2D eigenvalue weighted by Crippen LogP contribution is -2.15. The third kappa shape index (κ3) is 1.67. The van der Waals surface area contributed by atoms with E-state index in [1.807, 2.05) is 12.1 Å². The predicted molar refractivity (Wildman–Crippen MR) is 55.4 cm³/mol. The molecule has 1 aromatic carbocycles. The molecule has 80 valence electrons. The highest BCUT2D eigenvalue weighted by Gasteiger charge is 2.20. The van der Waals surface area contributed by atoms with Gasteiger partial charge >= 0.3 is 0 Å². The summed E-state index contributed by atoms with van der Waals surface area (Å²) >= 11 is 0. The van der Waals surface area contributed by atoms with Crippen LogP contribution in [0.1, 0.15) is 24.5 Å². The maximum Gasteiger partial charge on any atom is 0.161 e. The summed E-state index contributed by atoms with van der Waals surface area (Å²) in [6.45, 7) is 2.16. The van der Waals surface area contributed by atoms with Gasteiger partial charge in [0.25, 0.3) is 0 Å². The zero-order valence-corrected chi connectivity index (χ0v) is 8.57. The lowest BCUT2D eigenvalue weighted by molar-refractivity contribution is 0.111. The number of hydrogen-bond donors (Lipinski definition) is 0. The Balaban J connectivity index is 1.89. The lowest BCUT2D eigenvalue weighted by Gasteiger charge is -2.20. The maximum absolute atomic E-state index is 5.63. The highest BCUT2D eigenvalue weighted by atomic mass is 16.6. The third-order valence-electron chi connectivity index (χ3n) is 2.87. The Labute approximate surface area is 89.0 Å². The summed E-state index contributed by atoms with van der Waals surface area (Å²) in [6, 6.07) is 6.10. The van der Waals surface area contributed by atoms with Gasteiger partial charge in [-0.1, -0.05) is 6.07 Å². The van der Waals surface area contributed by atoms with E-state index in [0.717, 1.165) is 30.9 Å². The Morgan fingerprint density at radius 2 is 1.87 bits per heavy atom. The Morgan fingerprint density at radius 3 is 2.67 bits per heavy atom. The summed E-state index contributed by atoms with van der Waals surface area (Å²) in [5.41, 5.74) is 1.21. The van der Waals surface area contributed by atoms with Gasteiger partial charge in [0.1, 0.15) is 13.2 Å². The van der Waals surface area contributed by atoms with Gasteiger partial charge in [-0.25, -0.2) is 0 Å². The second-order valence-electron chi connectivity index (χ2n) is 3.90. The molecule has 0 aromatic heterocycles. The number of benzene rings is 1. The molecule has 1 aromatic rings. The molecule has 1 saturated heterocycles. The van der Waals surface area contributed by atoms with Gasteiger partial charge in [-0.3, -0.25) is 0 Å². The Hall–Kier alpha value is -1.22. The van der Waals surface area contributed by atoms with Crippen LogP contribution in [0.5, 0.6) is 11.5 Å². The normalized spacial score (nSPS) is 24.1. The average molecular weight is 206 g/mol. The molecule has 0 spiro atoms. The first-order chi connectivity index (χ1) is 7.43. The molecule has 2 heterocycles. The van der Waals surface area contributed by atoms with Crippen LogP contribution >= 0.6 is 0 Å². The van der Waals surface area contributed by atoms with Crippen LogP contribution in [0.15, 0.2) is 18.2 Å². The molecule has 2 aliphatic rings. The molecular weight excluding hydrogens is 192 g/mol. The zero-order chi connectivity index (χ0) is 10.1. The molecule has 0 amide bonds. The fourth-order valence-electron chi connectivity index (χ4n) is 2.10. The van der Waals surface area contributed by atoms with Crippen molar-refractivity contribution in [3.63, 3.8) is 0 Å². The van der Waals surface area contributed by atoms with E-state index in [-0.39, 0.29) is 6.10 Å². The summed E-state index contributed by atoms with van der Waals surface area (Å²) in [4.78, 5) is 0. The molecular formula is C12H14O3. The van der Waals surface area contributed by atoms with Gasteiger partial charge < -0.3 is 14.2 Å². The van der Waals surface area contributed by atoms with Gasteiger partial charge in [0.2, 0.25) is 0 Å². The Morgan fingerprint density at radius 1 is 1.00 bits per heavy atom. The SMILES string of the molecule is c1cc2c(cc1C1CCCO1)OCCO2. The van der Waals surface area contributed by atoms with E-state index in [4.69, 9.17) is 14.2 Å². The van der Waals surface area contributed by atoms with Gasteiger partial charge in [0, 0.05) is 6.61 Å². The van der Waals surface area contributed by atoms with E-state index >= 15 is 0 Å². The smallest absolute Gasteiger partial charge is 0.161 e. The van der Waals surface area contributed by atoms with Crippen molar-refractivity contribution in [1.82, 2.24) is 0 Å². The molecule has 15 heavy (non-hydrogen) atoms. The standard InChI is InChI=1S/C12H14O3/c1-2-10(13-5-1)9-3-4-11-12(8-9)15-7-6-14-11/h3-4,8,10H,1-2,5-7H2. The van der Waals surface area contributed by atoms with E-state index in [9.17, 15) is 0 Å². The van der Waals surface area contributed by atoms with Crippen molar-refractivity contribution in [2.75, 3.05) is 19.8 Å². The first-order valence-corrected chi connectivity index (χ1v) is 5.44. The molecule has 1 fully saturated rings. The Bertz CT molecular complexity index is 356. The average Bonchev–Trinajstić information content (AvgIpc) is 2.82. The predicted octanol–water partition coefficient (Wildman–Crippen LogP) is 2.31. The van der Waals surface area contributed by atoms with Gasteiger partial charge in [0.05, 0.1) is 6.10 Å². The summed E-state index contributed by atoms with van der Waals surface area (Å²) in [5, 5.41) is 0. The van der Waals surface area contributed by atoms with Crippen LogP contribution in [0.25, 0.3) is 0 Å². The van der Waals surface area contributed by atoms with Crippen LogP contribution in [-0.2, 0) is 4.74 Å².